The molecule has 2 amide bonds. The van der Waals surface area contributed by atoms with Gasteiger partial charge >= 0.3 is 0 Å². The van der Waals surface area contributed by atoms with E-state index < -0.39 is 12.5 Å². The number of piperazine rings is 1. The first kappa shape index (κ1) is 19.9. The molecule has 5 nitrogen and oxygen atoms in total. The van der Waals surface area contributed by atoms with Gasteiger partial charge in [-0.25, -0.2) is 0 Å². The maximum Gasteiger partial charge on any atom is 0.249 e. The molecule has 1 N–H and O–H groups in total. The molecule has 1 saturated heterocycles. The second-order valence-corrected chi connectivity index (χ2v) is 7.41. The Labute approximate surface area is 176 Å². The van der Waals surface area contributed by atoms with Gasteiger partial charge in [0.15, 0.2) is 0 Å². The van der Waals surface area contributed by atoms with Crippen molar-refractivity contribution in [3.8, 4) is 11.1 Å². The number of para-hydroxylation sites is 1. The number of benzene rings is 3. The minimum absolute atomic E-state index is 0.0416. The summed E-state index contributed by atoms with van der Waals surface area (Å²) in [5.74, 6) is -0.565. The van der Waals surface area contributed by atoms with E-state index >= 15 is 0 Å². The fourth-order valence-electron chi connectivity index (χ4n) is 4.02. The van der Waals surface area contributed by atoms with Crippen LogP contribution in [0, 0.1) is 0 Å². The number of amides is 2. The van der Waals surface area contributed by atoms with Crippen LogP contribution in [-0.2, 0) is 16.0 Å². The number of hydrogen-bond donors (Lipinski definition) is 1. The molecule has 1 atom stereocenters. The molecule has 1 aliphatic rings. The lowest BCUT2D eigenvalue weighted by molar-refractivity contribution is -0.142. The number of hydrogen-bond acceptors (Lipinski definition) is 3. The molecular formula is C25H24N2O3. The number of rotatable bonds is 5. The van der Waals surface area contributed by atoms with Gasteiger partial charge in [-0.1, -0.05) is 78.9 Å². The van der Waals surface area contributed by atoms with Crippen LogP contribution < -0.4 is 4.90 Å². The van der Waals surface area contributed by atoms with Crippen LogP contribution in [0.25, 0.3) is 11.1 Å². The van der Waals surface area contributed by atoms with Crippen molar-refractivity contribution in [3.05, 3.63) is 90.5 Å². The fraction of sp³-hybridized carbons (Fsp3) is 0.200. The Kier molecular flexibility index (Phi) is 5.91. The van der Waals surface area contributed by atoms with Crippen LogP contribution >= 0.6 is 0 Å². The summed E-state index contributed by atoms with van der Waals surface area (Å²) in [6.07, 6.45) is 0.615. The van der Waals surface area contributed by atoms with Gasteiger partial charge in [-0.3, -0.25) is 9.59 Å². The standard InChI is InChI=1S/C25H24N2O3/c28-18-25(30)26-17-24(29)27(16-21(26)15-19-9-3-1-4-10-19)23-14-8-7-13-22(23)20-11-5-2-6-12-20/h1-14,21,28H,15-18H2/t21-/m0/s1. The quantitative estimate of drug-likeness (QED) is 0.716. The third kappa shape index (κ3) is 4.11. The van der Waals surface area contributed by atoms with Gasteiger partial charge in [0.2, 0.25) is 11.8 Å². The Morgan fingerprint density at radius 1 is 0.900 bits per heavy atom. The Hall–Kier alpha value is -3.44. The first-order valence-corrected chi connectivity index (χ1v) is 10.1. The van der Waals surface area contributed by atoms with Crippen LogP contribution in [0.1, 0.15) is 5.56 Å². The highest BCUT2D eigenvalue weighted by Gasteiger charge is 2.36. The number of aliphatic hydroxyl groups is 1. The summed E-state index contributed by atoms with van der Waals surface area (Å²) in [5.41, 5.74) is 3.94. The molecule has 30 heavy (non-hydrogen) atoms. The second kappa shape index (κ2) is 8.93. The van der Waals surface area contributed by atoms with Gasteiger partial charge in [-0.2, -0.15) is 0 Å². The third-order valence-corrected chi connectivity index (χ3v) is 5.49. The van der Waals surface area contributed by atoms with E-state index in [1.54, 1.807) is 4.90 Å². The van der Waals surface area contributed by atoms with Gasteiger partial charge in [0, 0.05) is 12.1 Å². The maximum atomic E-state index is 13.1. The molecule has 4 rings (SSSR count). The van der Waals surface area contributed by atoms with Crippen molar-refractivity contribution < 1.29 is 14.7 Å². The van der Waals surface area contributed by atoms with Gasteiger partial charge in [0.1, 0.15) is 13.2 Å². The lowest BCUT2D eigenvalue weighted by Crippen LogP contribution is -2.59. The van der Waals surface area contributed by atoms with Crippen molar-refractivity contribution in [2.24, 2.45) is 0 Å². The van der Waals surface area contributed by atoms with Crippen molar-refractivity contribution >= 4 is 17.5 Å². The second-order valence-electron chi connectivity index (χ2n) is 7.41. The summed E-state index contributed by atoms with van der Waals surface area (Å²) in [6, 6.07) is 27.5. The Morgan fingerprint density at radius 2 is 1.53 bits per heavy atom. The van der Waals surface area contributed by atoms with Crippen molar-refractivity contribution in [3.63, 3.8) is 0 Å². The van der Waals surface area contributed by atoms with Crippen LogP contribution in [0.3, 0.4) is 0 Å². The van der Waals surface area contributed by atoms with Gasteiger partial charge < -0.3 is 14.9 Å². The molecule has 1 fully saturated rings. The van der Waals surface area contributed by atoms with E-state index in [9.17, 15) is 14.7 Å². The predicted octanol–water partition coefficient (Wildman–Crippen LogP) is 3.13. The van der Waals surface area contributed by atoms with Crippen molar-refractivity contribution in [1.82, 2.24) is 4.90 Å². The minimum Gasteiger partial charge on any atom is -0.387 e. The first-order chi connectivity index (χ1) is 14.7. The van der Waals surface area contributed by atoms with Crippen molar-refractivity contribution in [2.45, 2.75) is 12.5 Å². The molecule has 1 heterocycles. The van der Waals surface area contributed by atoms with E-state index in [2.05, 4.69) is 0 Å². The first-order valence-electron chi connectivity index (χ1n) is 10.1. The Balaban J connectivity index is 1.68. The van der Waals surface area contributed by atoms with E-state index in [0.29, 0.717) is 13.0 Å². The number of carbonyl (C=O) groups excluding carboxylic acids is 2. The summed E-state index contributed by atoms with van der Waals surface area (Å²) in [5, 5.41) is 9.42. The molecule has 152 valence electrons. The number of carbonyl (C=O) groups is 2. The van der Waals surface area contributed by atoms with Crippen LogP contribution in [0.15, 0.2) is 84.9 Å². The molecule has 5 heteroatoms. The van der Waals surface area contributed by atoms with Gasteiger partial charge in [0.05, 0.1) is 11.7 Å². The number of anilines is 1. The highest BCUT2D eigenvalue weighted by atomic mass is 16.3. The molecule has 0 saturated carbocycles. The third-order valence-electron chi connectivity index (χ3n) is 5.49. The summed E-state index contributed by atoms with van der Waals surface area (Å²) in [4.78, 5) is 28.7. The highest BCUT2D eigenvalue weighted by Crippen LogP contribution is 2.32. The van der Waals surface area contributed by atoms with E-state index in [-0.39, 0.29) is 18.5 Å². The van der Waals surface area contributed by atoms with Gasteiger partial charge in [0.25, 0.3) is 0 Å². The molecule has 1 aliphatic heterocycles. The largest absolute Gasteiger partial charge is 0.387 e. The van der Waals surface area contributed by atoms with E-state index in [1.165, 1.54) is 4.90 Å². The van der Waals surface area contributed by atoms with Crippen molar-refractivity contribution in [2.75, 3.05) is 24.6 Å². The zero-order chi connectivity index (χ0) is 20.9. The Bertz CT molecular complexity index is 1020. The van der Waals surface area contributed by atoms with E-state index in [4.69, 9.17) is 0 Å². The van der Waals surface area contributed by atoms with E-state index in [1.807, 2.05) is 84.9 Å². The number of nitrogens with zero attached hydrogens (tertiary/aromatic N) is 2. The topological polar surface area (TPSA) is 60.9 Å². The smallest absolute Gasteiger partial charge is 0.249 e. The average Bonchev–Trinajstić information content (AvgIpc) is 2.81. The molecule has 0 radical (unpaired) electrons. The minimum atomic E-state index is -0.598. The molecule has 3 aromatic carbocycles. The molecular weight excluding hydrogens is 376 g/mol. The average molecular weight is 400 g/mol. The van der Waals surface area contributed by atoms with Gasteiger partial charge in [-0.05, 0) is 23.6 Å². The normalized spacial score (nSPS) is 16.6. The van der Waals surface area contributed by atoms with Crippen LogP contribution in [0.2, 0.25) is 0 Å². The maximum absolute atomic E-state index is 13.1. The molecule has 3 aromatic rings. The van der Waals surface area contributed by atoms with Crippen LogP contribution in [-0.4, -0.2) is 47.6 Å². The van der Waals surface area contributed by atoms with Gasteiger partial charge in [-0.15, -0.1) is 0 Å². The van der Waals surface area contributed by atoms with Crippen LogP contribution in [0.4, 0.5) is 5.69 Å². The summed E-state index contributed by atoms with van der Waals surface area (Å²) in [7, 11) is 0. The lowest BCUT2D eigenvalue weighted by atomic mass is 9.98. The molecule has 0 aliphatic carbocycles. The van der Waals surface area contributed by atoms with E-state index in [0.717, 1.165) is 22.4 Å². The summed E-state index contributed by atoms with van der Waals surface area (Å²) < 4.78 is 0. The SMILES string of the molecule is O=C1CN(C(=O)CO)[C@@H](Cc2ccccc2)CN1c1ccccc1-c1ccccc1. The number of aliphatic hydroxyl groups excluding tert-OH is 1. The zero-order valence-corrected chi connectivity index (χ0v) is 16.6. The van der Waals surface area contributed by atoms with Crippen molar-refractivity contribution in [1.29, 1.82) is 0 Å². The summed E-state index contributed by atoms with van der Waals surface area (Å²) >= 11 is 0. The zero-order valence-electron chi connectivity index (χ0n) is 16.6. The molecule has 0 bridgehead atoms. The molecule has 0 unspecified atom stereocenters. The lowest BCUT2D eigenvalue weighted by Gasteiger charge is -2.41. The molecule has 0 spiro atoms. The predicted molar refractivity (Wildman–Crippen MR) is 117 cm³/mol. The Morgan fingerprint density at radius 3 is 2.23 bits per heavy atom. The molecule has 0 aromatic heterocycles. The summed E-state index contributed by atoms with van der Waals surface area (Å²) in [6.45, 7) is -0.261. The monoisotopic (exact) mass is 400 g/mol. The fourth-order valence-corrected chi connectivity index (χ4v) is 4.02. The van der Waals surface area contributed by atoms with Crippen LogP contribution in [0.5, 0.6) is 0 Å². The highest BCUT2D eigenvalue weighted by molar-refractivity contribution is 6.01.